The molecule has 0 radical (unpaired) electrons. The largest absolute Gasteiger partial charge is 0.450 e. The van der Waals surface area contributed by atoms with Crippen LogP contribution < -0.4 is 0 Å². The van der Waals surface area contributed by atoms with E-state index in [1.165, 1.54) is 29.0 Å². The summed E-state index contributed by atoms with van der Waals surface area (Å²) in [6.07, 6.45) is 2.42. The molecule has 0 aliphatic carbocycles. The minimum atomic E-state index is -0.751. The zero-order valence-electron chi connectivity index (χ0n) is 19.3. The lowest BCUT2D eigenvalue weighted by Gasteiger charge is -2.38. The second-order valence-electron chi connectivity index (χ2n) is 9.26. The van der Waals surface area contributed by atoms with Crippen LogP contribution >= 0.6 is 27.5 Å². The van der Waals surface area contributed by atoms with Gasteiger partial charge >= 0.3 is 5.97 Å². The van der Waals surface area contributed by atoms with E-state index < -0.39 is 17.3 Å². The summed E-state index contributed by atoms with van der Waals surface area (Å²) < 4.78 is 21.8. The number of aromatic nitrogens is 1. The van der Waals surface area contributed by atoms with Crippen LogP contribution in [0.3, 0.4) is 0 Å². The van der Waals surface area contributed by atoms with Gasteiger partial charge in [0.25, 0.3) is 11.8 Å². The molecule has 1 saturated heterocycles. The maximum atomic E-state index is 13.8. The van der Waals surface area contributed by atoms with Crippen LogP contribution in [0.2, 0.25) is 5.02 Å². The van der Waals surface area contributed by atoms with Crippen molar-refractivity contribution in [1.29, 1.82) is 0 Å². The van der Waals surface area contributed by atoms with Crippen LogP contribution in [0.15, 0.2) is 71.3 Å². The third kappa shape index (κ3) is 3.95. The quantitative estimate of drug-likeness (QED) is 0.265. The molecule has 0 unspecified atom stereocenters. The minimum Gasteiger partial charge on any atom is -0.450 e. The number of amides is 1. The van der Waals surface area contributed by atoms with Crippen LogP contribution in [0.5, 0.6) is 0 Å². The highest BCUT2D eigenvalue weighted by Gasteiger charge is 2.48. The minimum absolute atomic E-state index is 0.157. The number of likely N-dealkylation sites (tertiary alicyclic amines) is 1. The SMILES string of the molecule is O=C1OC2(CCN(C(=O)c3cn(C(=O)c4cccc(F)c4)c4cc(Cl)ccc34)CC2)c2ccc(Br)cc21. The molecule has 6 nitrogen and oxygen atoms in total. The number of hydrogen-bond acceptors (Lipinski definition) is 4. The number of rotatable bonds is 2. The molecule has 3 aromatic carbocycles. The second-order valence-corrected chi connectivity index (χ2v) is 10.6. The first-order valence-corrected chi connectivity index (χ1v) is 12.9. The number of hydrogen-bond donors (Lipinski definition) is 0. The summed E-state index contributed by atoms with van der Waals surface area (Å²) >= 11 is 9.61. The van der Waals surface area contributed by atoms with E-state index in [9.17, 15) is 18.8 Å². The highest BCUT2D eigenvalue weighted by molar-refractivity contribution is 9.10. The first-order valence-electron chi connectivity index (χ1n) is 11.7. The van der Waals surface area contributed by atoms with Gasteiger partial charge in [-0.25, -0.2) is 9.18 Å². The topological polar surface area (TPSA) is 68.6 Å². The highest BCUT2D eigenvalue weighted by Crippen LogP contribution is 2.45. The number of nitrogens with zero attached hydrogens (tertiary/aromatic N) is 2. The molecule has 0 bridgehead atoms. The number of piperidine rings is 1. The number of carbonyl (C=O) groups excluding carboxylic acids is 3. The molecule has 0 N–H and O–H groups in total. The predicted molar refractivity (Wildman–Crippen MR) is 139 cm³/mol. The normalized spacial score (nSPS) is 16.2. The van der Waals surface area contributed by atoms with E-state index in [1.807, 2.05) is 12.1 Å². The Labute approximate surface area is 224 Å². The lowest BCUT2D eigenvalue weighted by molar-refractivity contribution is -0.0389. The Balaban J connectivity index is 1.31. The van der Waals surface area contributed by atoms with E-state index in [0.29, 0.717) is 53.0 Å². The van der Waals surface area contributed by atoms with Crippen molar-refractivity contribution < 1.29 is 23.5 Å². The number of ether oxygens (including phenoxy) is 1. The molecule has 9 heteroatoms. The Kier molecular flexibility index (Phi) is 5.69. The van der Waals surface area contributed by atoms with Gasteiger partial charge < -0.3 is 9.64 Å². The Morgan fingerprint density at radius 3 is 2.54 bits per heavy atom. The van der Waals surface area contributed by atoms with Crippen LogP contribution in [0.25, 0.3) is 10.9 Å². The van der Waals surface area contributed by atoms with Gasteiger partial charge in [-0.1, -0.05) is 45.7 Å². The maximum Gasteiger partial charge on any atom is 0.339 e. The van der Waals surface area contributed by atoms with Gasteiger partial charge in [0, 0.05) is 58.1 Å². The van der Waals surface area contributed by atoms with Crippen LogP contribution in [0, 0.1) is 5.82 Å². The molecular weight excluding hydrogens is 563 g/mol. The molecule has 37 heavy (non-hydrogen) atoms. The van der Waals surface area contributed by atoms with Gasteiger partial charge in [0.15, 0.2) is 0 Å². The van der Waals surface area contributed by atoms with Crippen molar-refractivity contribution in [2.24, 2.45) is 0 Å². The number of carbonyl (C=O) groups is 3. The average molecular weight is 582 g/mol. The van der Waals surface area contributed by atoms with Crippen molar-refractivity contribution in [3.8, 4) is 0 Å². The van der Waals surface area contributed by atoms with Gasteiger partial charge in [0.05, 0.1) is 16.6 Å². The Bertz CT molecular complexity index is 1620. The van der Waals surface area contributed by atoms with Crippen LogP contribution in [0.1, 0.15) is 49.5 Å². The van der Waals surface area contributed by atoms with Crippen molar-refractivity contribution in [1.82, 2.24) is 9.47 Å². The predicted octanol–water partition coefficient (Wildman–Crippen LogP) is 6.19. The lowest BCUT2D eigenvalue weighted by atomic mass is 9.83. The van der Waals surface area contributed by atoms with Crippen molar-refractivity contribution in [3.63, 3.8) is 0 Å². The number of fused-ring (bicyclic) bond motifs is 3. The molecule has 6 rings (SSSR count). The van der Waals surface area contributed by atoms with Gasteiger partial charge in [-0.15, -0.1) is 0 Å². The van der Waals surface area contributed by atoms with Gasteiger partial charge in [0.1, 0.15) is 11.4 Å². The fourth-order valence-electron chi connectivity index (χ4n) is 5.28. The Morgan fingerprint density at radius 1 is 1.00 bits per heavy atom. The van der Waals surface area contributed by atoms with E-state index in [-0.39, 0.29) is 17.4 Å². The summed E-state index contributed by atoms with van der Waals surface area (Å²) in [5, 5.41) is 0.980. The Morgan fingerprint density at radius 2 is 1.78 bits per heavy atom. The van der Waals surface area contributed by atoms with Crippen molar-refractivity contribution >= 4 is 56.2 Å². The van der Waals surface area contributed by atoms with Gasteiger partial charge in [-0.3, -0.25) is 14.2 Å². The molecule has 0 saturated carbocycles. The van der Waals surface area contributed by atoms with E-state index in [4.69, 9.17) is 16.3 Å². The fraction of sp³-hybridized carbons (Fsp3) is 0.179. The molecule has 1 fully saturated rings. The maximum absolute atomic E-state index is 13.8. The smallest absolute Gasteiger partial charge is 0.339 e. The molecule has 1 aromatic heterocycles. The number of esters is 1. The van der Waals surface area contributed by atoms with Crippen molar-refractivity contribution in [3.05, 3.63) is 104 Å². The van der Waals surface area contributed by atoms with E-state index in [0.717, 1.165) is 16.1 Å². The Hall–Kier alpha value is -3.49. The van der Waals surface area contributed by atoms with Crippen molar-refractivity contribution in [2.45, 2.75) is 18.4 Å². The first-order chi connectivity index (χ1) is 17.8. The monoisotopic (exact) mass is 580 g/mol. The summed E-state index contributed by atoms with van der Waals surface area (Å²) in [6, 6.07) is 15.9. The molecule has 186 valence electrons. The number of benzene rings is 3. The van der Waals surface area contributed by atoms with E-state index >= 15 is 0 Å². The van der Waals surface area contributed by atoms with Crippen LogP contribution in [0.4, 0.5) is 4.39 Å². The summed E-state index contributed by atoms with van der Waals surface area (Å²) in [5.41, 5.74) is 1.61. The summed E-state index contributed by atoms with van der Waals surface area (Å²) in [7, 11) is 0. The summed E-state index contributed by atoms with van der Waals surface area (Å²) in [6.45, 7) is 0.749. The van der Waals surface area contributed by atoms with Crippen LogP contribution in [-0.4, -0.2) is 40.3 Å². The van der Waals surface area contributed by atoms with Gasteiger partial charge in [-0.2, -0.15) is 0 Å². The molecule has 1 amide bonds. The molecular formula is C28H19BrClFN2O4. The fourth-order valence-corrected chi connectivity index (χ4v) is 5.81. The first kappa shape index (κ1) is 23.9. The summed E-state index contributed by atoms with van der Waals surface area (Å²) in [4.78, 5) is 41.2. The average Bonchev–Trinajstić information content (AvgIpc) is 3.38. The third-order valence-electron chi connectivity index (χ3n) is 7.13. The van der Waals surface area contributed by atoms with E-state index in [2.05, 4.69) is 15.9 Å². The zero-order chi connectivity index (χ0) is 25.9. The standard InChI is InChI=1S/C28H19BrClFN2O4/c29-17-4-7-23-21(13-17)27(36)37-28(23)8-10-32(11-9-28)26(35)22-15-33(24-14-18(30)5-6-20(22)24)25(34)16-2-1-3-19(31)12-16/h1-7,12-15H,8-11H2. The highest BCUT2D eigenvalue weighted by atomic mass is 79.9. The molecule has 2 aliphatic rings. The second kappa shape index (κ2) is 8.82. The van der Waals surface area contributed by atoms with Gasteiger partial charge in [-0.05, 0) is 42.5 Å². The molecule has 0 atom stereocenters. The van der Waals surface area contributed by atoms with E-state index in [1.54, 1.807) is 29.2 Å². The third-order valence-corrected chi connectivity index (χ3v) is 7.86. The molecule has 3 heterocycles. The lowest BCUT2D eigenvalue weighted by Crippen LogP contribution is -2.45. The van der Waals surface area contributed by atoms with Crippen molar-refractivity contribution in [2.75, 3.05) is 13.1 Å². The van der Waals surface area contributed by atoms with Gasteiger partial charge in [0.2, 0.25) is 0 Å². The molecule has 1 spiro atoms. The zero-order valence-corrected chi connectivity index (χ0v) is 21.7. The molecule has 4 aromatic rings. The van der Waals surface area contributed by atoms with Crippen LogP contribution in [-0.2, 0) is 10.3 Å². The number of halogens is 3. The molecule has 2 aliphatic heterocycles. The summed E-state index contributed by atoms with van der Waals surface area (Å²) in [5.74, 6) is -1.59.